The molecule has 0 aliphatic heterocycles. The number of fused-ring (bicyclic) bond motifs is 1. The molecule has 8 nitrogen and oxygen atoms in total. The first-order valence-electron chi connectivity index (χ1n) is 8.44. The molecule has 3 aromatic rings. The Morgan fingerprint density at radius 1 is 1.14 bits per heavy atom. The molecule has 1 unspecified atom stereocenters. The number of hydrogen-bond acceptors (Lipinski definition) is 6. The first-order valence-corrected chi connectivity index (χ1v) is 8.81. The highest BCUT2D eigenvalue weighted by molar-refractivity contribution is 6.33. The highest BCUT2D eigenvalue weighted by Gasteiger charge is 2.23. The molecule has 29 heavy (non-hydrogen) atoms. The van der Waals surface area contributed by atoms with Crippen molar-refractivity contribution in [1.29, 1.82) is 0 Å². The van der Waals surface area contributed by atoms with E-state index >= 15 is 0 Å². The average molecular weight is 415 g/mol. The number of carbonyl (C=O) groups excluding carboxylic acids is 2. The fraction of sp³-hybridized carbons (Fsp3) is 0.100. The number of halogens is 1. The van der Waals surface area contributed by atoms with Crippen molar-refractivity contribution < 1.29 is 24.4 Å². The molecule has 0 spiro atoms. The second kappa shape index (κ2) is 8.15. The molecule has 9 heteroatoms. The summed E-state index contributed by atoms with van der Waals surface area (Å²) in [5.41, 5.74) is -0.325. The highest BCUT2D eigenvalue weighted by Crippen LogP contribution is 2.28. The largest absolute Gasteiger partial charge is 0.507 e. The number of benzene rings is 3. The SMILES string of the molecule is CC(OC(=O)c1cc2ccccc2cc1O)C(=O)Nc1cc([N+](=O)[O-])ccc1Cl. The normalized spacial score (nSPS) is 11.7. The number of nitrogens with zero attached hydrogens (tertiary/aromatic N) is 1. The second-order valence-corrected chi connectivity index (χ2v) is 6.58. The summed E-state index contributed by atoms with van der Waals surface area (Å²) in [4.78, 5) is 35.0. The number of phenols is 1. The van der Waals surface area contributed by atoms with Crippen LogP contribution in [0.3, 0.4) is 0 Å². The lowest BCUT2D eigenvalue weighted by Gasteiger charge is -2.15. The number of phenolic OH excluding ortho intramolecular Hbond substituents is 1. The Hall–Kier alpha value is -3.65. The fourth-order valence-corrected chi connectivity index (χ4v) is 2.79. The van der Waals surface area contributed by atoms with E-state index in [1.165, 1.54) is 31.2 Å². The molecule has 0 aromatic heterocycles. The number of rotatable bonds is 5. The maximum atomic E-state index is 12.4. The zero-order valence-electron chi connectivity index (χ0n) is 15.1. The van der Waals surface area contributed by atoms with Crippen LogP contribution in [-0.4, -0.2) is 28.0 Å². The van der Waals surface area contributed by atoms with Crippen molar-refractivity contribution in [1.82, 2.24) is 0 Å². The van der Waals surface area contributed by atoms with Gasteiger partial charge in [0.25, 0.3) is 11.6 Å². The van der Waals surface area contributed by atoms with Crippen molar-refractivity contribution in [2.75, 3.05) is 5.32 Å². The predicted molar refractivity (Wildman–Crippen MR) is 107 cm³/mol. The summed E-state index contributed by atoms with van der Waals surface area (Å²) in [5.74, 6) is -1.90. The van der Waals surface area contributed by atoms with Crippen LogP contribution in [0.4, 0.5) is 11.4 Å². The minimum Gasteiger partial charge on any atom is -0.507 e. The topological polar surface area (TPSA) is 119 Å². The smallest absolute Gasteiger partial charge is 0.342 e. The summed E-state index contributed by atoms with van der Waals surface area (Å²) in [7, 11) is 0. The molecule has 0 aliphatic carbocycles. The zero-order valence-corrected chi connectivity index (χ0v) is 15.8. The molecule has 0 heterocycles. The number of non-ortho nitro benzene ring substituents is 1. The number of aromatic hydroxyl groups is 1. The van der Waals surface area contributed by atoms with Crippen molar-refractivity contribution >= 4 is 45.6 Å². The monoisotopic (exact) mass is 414 g/mol. The van der Waals surface area contributed by atoms with Gasteiger partial charge in [0, 0.05) is 12.1 Å². The van der Waals surface area contributed by atoms with E-state index in [2.05, 4.69) is 5.32 Å². The van der Waals surface area contributed by atoms with E-state index < -0.39 is 22.9 Å². The van der Waals surface area contributed by atoms with Gasteiger partial charge in [-0.25, -0.2) is 4.79 Å². The molecule has 3 rings (SSSR count). The molecular formula is C20H15ClN2O6. The van der Waals surface area contributed by atoms with E-state index in [1.54, 1.807) is 24.3 Å². The first-order chi connectivity index (χ1) is 13.8. The standard InChI is InChI=1S/C20H15ClN2O6/c1-11(19(25)22-17-10-14(23(27)28)6-7-16(17)21)29-20(26)15-8-12-4-2-3-5-13(12)9-18(15)24/h2-11,24H,1H3,(H,22,25). The maximum absolute atomic E-state index is 12.4. The molecular weight excluding hydrogens is 400 g/mol. The van der Waals surface area contributed by atoms with Crippen LogP contribution in [0.25, 0.3) is 10.8 Å². The minimum atomic E-state index is -1.25. The molecule has 0 radical (unpaired) electrons. The number of nitrogens with one attached hydrogen (secondary N) is 1. The molecule has 1 amide bonds. The van der Waals surface area contributed by atoms with Crippen LogP contribution in [0.2, 0.25) is 5.02 Å². The Bertz CT molecular complexity index is 1130. The van der Waals surface area contributed by atoms with Crippen LogP contribution in [0.1, 0.15) is 17.3 Å². The average Bonchev–Trinajstić information content (AvgIpc) is 2.68. The second-order valence-electron chi connectivity index (χ2n) is 6.17. The third-order valence-corrected chi connectivity index (χ3v) is 4.49. The lowest BCUT2D eigenvalue weighted by molar-refractivity contribution is -0.384. The molecule has 3 aromatic carbocycles. The quantitative estimate of drug-likeness (QED) is 0.365. The van der Waals surface area contributed by atoms with Gasteiger partial charge in [0.1, 0.15) is 11.3 Å². The Labute approximate surface area is 169 Å². The molecule has 2 N–H and O–H groups in total. The fourth-order valence-electron chi connectivity index (χ4n) is 2.63. The maximum Gasteiger partial charge on any atom is 0.342 e. The van der Waals surface area contributed by atoms with Gasteiger partial charge in [0.15, 0.2) is 6.10 Å². The Morgan fingerprint density at radius 3 is 2.45 bits per heavy atom. The summed E-state index contributed by atoms with van der Waals surface area (Å²) >= 11 is 5.95. The van der Waals surface area contributed by atoms with Gasteiger partial charge in [-0.05, 0) is 35.9 Å². The summed E-state index contributed by atoms with van der Waals surface area (Å²) in [5, 5.41) is 24.9. The van der Waals surface area contributed by atoms with Crippen molar-refractivity contribution in [3.05, 3.63) is 75.3 Å². The van der Waals surface area contributed by atoms with Crippen molar-refractivity contribution in [2.24, 2.45) is 0 Å². The lowest BCUT2D eigenvalue weighted by Crippen LogP contribution is -2.30. The number of nitro benzene ring substituents is 1. The molecule has 148 valence electrons. The van der Waals surface area contributed by atoms with Gasteiger partial charge < -0.3 is 15.2 Å². The van der Waals surface area contributed by atoms with Crippen molar-refractivity contribution in [2.45, 2.75) is 13.0 Å². The number of nitro groups is 1. The summed E-state index contributed by atoms with van der Waals surface area (Å²) in [6.45, 7) is 1.33. The zero-order chi connectivity index (χ0) is 21.1. The third kappa shape index (κ3) is 4.44. The number of anilines is 1. The molecule has 1 atom stereocenters. The number of carbonyl (C=O) groups is 2. The minimum absolute atomic E-state index is 0.0160. The van der Waals surface area contributed by atoms with Gasteiger partial charge in [0.05, 0.1) is 15.6 Å². The van der Waals surface area contributed by atoms with E-state index in [9.17, 15) is 24.8 Å². The molecule has 0 fully saturated rings. The van der Waals surface area contributed by atoms with Gasteiger partial charge in [0.2, 0.25) is 0 Å². The van der Waals surface area contributed by atoms with Gasteiger partial charge in [-0.15, -0.1) is 0 Å². The van der Waals surface area contributed by atoms with Crippen LogP contribution >= 0.6 is 11.6 Å². The van der Waals surface area contributed by atoms with Gasteiger partial charge in [-0.3, -0.25) is 14.9 Å². The first kappa shape index (κ1) is 20.1. The van der Waals surface area contributed by atoms with Crippen molar-refractivity contribution in [3.8, 4) is 5.75 Å². The lowest BCUT2D eigenvalue weighted by atomic mass is 10.1. The van der Waals surface area contributed by atoms with Gasteiger partial charge >= 0.3 is 5.97 Å². The van der Waals surface area contributed by atoms with Crippen LogP contribution in [0.15, 0.2) is 54.6 Å². The van der Waals surface area contributed by atoms with Gasteiger partial charge in [-0.2, -0.15) is 0 Å². The molecule has 0 saturated carbocycles. The number of esters is 1. The van der Waals surface area contributed by atoms with Crippen LogP contribution in [0.5, 0.6) is 5.75 Å². The van der Waals surface area contributed by atoms with E-state index in [0.717, 1.165) is 16.8 Å². The van der Waals surface area contributed by atoms with E-state index in [-0.39, 0.29) is 27.7 Å². The van der Waals surface area contributed by atoms with Crippen LogP contribution in [0, 0.1) is 10.1 Å². The van der Waals surface area contributed by atoms with E-state index in [1.807, 2.05) is 0 Å². The summed E-state index contributed by atoms with van der Waals surface area (Å²) in [6, 6.07) is 13.6. The Balaban J connectivity index is 1.74. The molecule has 0 aliphatic rings. The third-order valence-electron chi connectivity index (χ3n) is 4.16. The summed E-state index contributed by atoms with van der Waals surface area (Å²) in [6.07, 6.45) is -1.25. The Morgan fingerprint density at radius 2 is 1.79 bits per heavy atom. The van der Waals surface area contributed by atoms with E-state index in [0.29, 0.717) is 0 Å². The van der Waals surface area contributed by atoms with Crippen molar-refractivity contribution in [3.63, 3.8) is 0 Å². The van der Waals surface area contributed by atoms with Crippen LogP contribution < -0.4 is 5.32 Å². The number of ether oxygens (including phenoxy) is 1. The Kier molecular flexibility index (Phi) is 5.65. The number of hydrogen-bond donors (Lipinski definition) is 2. The van der Waals surface area contributed by atoms with Crippen LogP contribution in [-0.2, 0) is 9.53 Å². The number of amides is 1. The summed E-state index contributed by atoms with van der Waals surface area (Å²) < 4.78 is 5.13. The van der Waals surface area contributed by atoms with E-state index in [4.69, 9.17) is 16.3 Å². The van der Waals surface area contributed by atoms with Gasteiger partial charge in [-0.1, -0.05) is 35.9 Å². The molecule has 0 saturated heterocycles. The predicted octanol–water partition coefficient (Wildman–Crippen LogP) is 4.29. The molecule has 0 bridgehead atoms. The highest BCUT2D eigenvalue weighted by atomic mass is 35.5.